The molecule has 23 heavy (non-hydrogen) atoms. The van der Waals surface area contributed by atoms with Crippen molar-refractivity contribution in [2.75, 3.05) is 23.2 Å². The van der Waals surface area contributed by atoms with Crippen LogP contribution in [0.4, 0.5) is 11.6 Å². The highest BCUT2D eigenvalue weighted by molar-refractivity contribution is 7.92. The third-order valence-electron chi connectivity index (χ3n) is 2.90. The van der Waals surface area contributed by atoms with Gasteiger partial charge in [-0.15, -0.1) is 10.2 Å². The van der Waals surface area contributed by atoms with Crippen LogP contribution in [0.5, 0.6) is 5.75 Å². The molecule has 2 aromatic rings. The normalized spacial score (nSPS) is 11.0. The van der Waals surface area contributed by atoms with Gasteiger partial charge < -0.3 is 10.1 Å². The molecule has 0 aliphatic rings. The summed E-state index contributed by atoms with van der Waals surface area (Å²) in [5.41, 5.74) is 0. The largest absolute Gasteiger partial charge is 0.494 e. The predicted octanol–water partition coefficient (Wildman–Crippen LogP) is 2.50. The molecule has 7 nitrogen and oxygen atoms in total. The number of anilines is 2. The van der Waals surface area contributed by atoms with Crippen LogP contribution in [-0.2, 0) is 10.0 Å². The fraction of sp³-hybridized carbons (Fsp3) is 0.333. The van der Waals surface area contributed by atoms with E-state index in [1.807, 2.05) is 13.8 Å². The zero-order valence-corrected chi connectivity index (χ0v) is 13.9. The van der Waals surface area contributed by atoms with Gasteiger partial charge in [0.2, 0.25) is 0 Å². The van der Waals surface area contributed by atoms with E-state index in [1.54, 1.807) is 24.3 Å². The van der Waals surface area contributed by atoms with Crippen molar-refractivity contribution in [3.63, 3.8) is 0 Å². The summed E-state index contributed by atoms with van der Waals surface area (Å²) in [5, 5.41) is 10.9. The Bertz CT molecular complexity index is 715. The molecule has 1 heterocycles. The molecule has 2 N–H and O–H groups in total. The van der Waals surface area contributed by atoms with Crippen LogP contribution in [0.1, 0.15) is 20.3 Å². The quantitative estimate of drug-likeness (QED) is 0.769. The maximum absolute atomic E-state index is 12.3. The van der Waals surface area contributed by atoms with Gasteiger partial charge in [0.05, 0.1) is 11.5 Å². The molecule has 0 aliphatic heterocycles. The van der Waals surface area contributed by atoms with Gasteiger partial charge in [0.25, 0.3) is 10.0 Å². The Labute approximate surface area is 136 Å². The van der Waals surface area contributed by atoms with Crippen molar-refractivity contribution in [2.24, 2.45) is 0 Å². The van der Waals surface area contributed by atoms with E-state index in [1.165, 1.54) is 12.1 Å². The topological polar surface area (TPSA) is 93.2 Å². The van der Waals surface area contributed by atoms with Crippen LogP contribution in [-0.4, -0.2) is 31.8 Å². The Morgan fingerprint density at radius 1 is 1.00 bits per heavy atom. The van der Waals surface area contributed by atoms with E-state index in [-0.39, 0.29) is 10.7 Å². The monoisotopic (exact) mass is 336 g/mol. The van der Waals surface area contributed by atoms with E-state index in [0.717, 1.165) is 13.0 Å². The number of hydrogen-bond donors (Lipinski definition) is 2. The summed E-state index contributed by atoms with van der Waals surface area (Å²) in [6, 6.07) is 9.44. The van der Waals surface area contributed by atoms with Crippen LogP contribution in [0, 0.1) is 0 Å². The van der Waals surface area contributed by atoms with E-state index < -0.39 is 10.0 Å². The van der Waals surface area contributed by atoms with Crippen LogP contribution in [0.2, 0.25) is 0 Å². The first-order valence-electron chi connectivity index (χ1n) is 7.38. The van der Waals surface area contributed by atoms with Gasteiger partial charge in [-0.25, -0.2) is 8.42 Å². The number of nitrogens with one attached hydrogen (secondary N) is 2. The maximum Gasteiger partial charge on any atom is 0.263 e. The molecule has 0 radical (unpaired) electrons. The predicted molar refractivity (Wildman–Crippen MR) is 89.2 cm³/mol. The summed E-state index contributed by atoms with van der Waals surface area (Å²) in [6.45, 7) is 5.22. The van der Waals surface area contributed by atoms with E-state index in [9.17, 15) is 8.42 Å². The molecule has 0 saturated heterocycles. The summed E-state index contributed by atoms with van der Waals surface area (Å²) in [5.74, 6) is 1.40. The third kappa shape index (κ3) is 4.82. The van der Waals surface area contributed by atoms with E-state index in [2.05, 4.69) is 20.2 Å². The highest BCUT2D eigenvalue weighted by Gasteiger charge is 2.15. The van der Waals surface area contributed by atoms with Gasteiger partial charge in [-0.1, -0.05) is 6.92 Å². The number of ether oxygens (including phenoxy) is 1. The van der Waals surface area contributed by atoms with Crippen molar-refractivity contribution in [2.45, 2.75) is 25.2 Å². The molecular weight excluding hydrogens is 316 g/mol. The second kappa shape index (κ2) is 7.77. The average molecular weight is 336 g/mol. The molecule has 0 saturated carbocycles. The number of sulfonamides is 1. The molecule has 124 valence electrons. The molecule has 0 fully saturated rings. The van der Waals surface area contributed by atoms with Crippen molar-refractivity contribution in [1.82, 2.24) is 10.2 Å². The number of aromatic nitrogens is 2. The standard InChI is InChI=1S/C15H20N4O3S/c1-3-11-16-14-9-10-15(18-17-14)19-23(20,21)13-7-5-12(6-8-13)22-4-2/h5-10H,3-4,11H2,1-2H3,(H,16,17)(H,18,19). The summed E-state index contributed by atoms with van der Waals surface area (Å²) < 4.78 is 32.3. The van der Waals surface area contributed by atoms with Crippen LogP contribution in [0.3, 0.4) is 0 Å². The summed E-state index contributed by atoms with van der Waals surface area (Å²) in [6.07, 6.45) is 0.966. The second-order valence-corrected chi connectivity index (χ2v) is 6.42. The van der Waals surface area contributed by atoms with E-state index >= 15 is 0 Å². The second-order valence-electron chi connectivity index (χ2n) is 4.74. The van der Waals surface area contributed by atoms with Crippen LogP contribution < -0.4 is 14.8 Å². The molecule has 0 atom stereocenters. The van der Waals surface area contributed by atoms with Gasteiger partial charge in [0, 0.05) is 6.54 Å². The fourth-order valence-corrected chi connectivity index (χ4v) is 2.81. The molecule has 8 heteroatoms. The third-order valence-corrected chi connectivity index (χ3v) is 4.28. The van der Waals surface area contributed by atoms with Gasteiger partial charge in [0.1, 0.15) is 11.6 Å². The van der Waals surface area contributed by atoms with Crippen LogP contribution in [0.15, 0.2) is 41.3 Å². The lowest BCUT2D eigenvalue weighted by molar-refractivity contribution is 0.340. The van der Waals surface area contributed by atoms with Crippen molar-refractivity contribution < 1.29 is 13.2 Å². The van der Waals surface area contributed by atoms with Crippen molar-refractivity contribution in [3.05, 3.63) is 36.4 Å². The Morgan fingerprint density at radius 2 is 1.65 bits per heavy atom. The van der Waals surface area contributed by atoms with Crippen LogP contribution >= 0.6 is 0 Å². The SMILES string of the molecule is CCCNc1ccc(NS(=O)(=O)c2ccc(OCC)cc2)nn1. The average Bonchev–Trinajstić information content (AvgIpc) is 2.55. The van der Waals surface area contributed by atoms with E-state index in [0.29, 0.717) is 18.2 Å². The molecule has 0 spiro atoms. The smallest absolute Gasteiger partial charge is 0.263 e. The van der Waals surface area contributed by atoms with Gasteiger partial charge in [-0.3, -0.25) is 4.72 Å². The molecule has 2 rings (SSSR count). The first kappa shape index (κ1) is 17.0. The Morgan fingerprint density at radius 3 is 2.22 bits per heavy atom. The molecule has 0 unspecified atom stereocenters. The lowest BCUT2D eigenvalue weighted by Crippen LogP contribution is -2.14. The van der Waals surface area contributed by atoms with Crippen molar-refractivity contribution >= 4 is 21.7 Å². The molecule has 1 aromatic carbocycles. The summed E-state index contributed by atoms with van der Waals surface area (Å²) >= 11 is 0. The maximum atomic E-state index is 12.3. The van der Waals surface area contributed by atoms with Gasteiger partial charge >= 0.3 is 0 Å². The number of nitrogens with zero attached hydrogens (tertiary/aromatic N) is 2. The molecule has 1 aromatic heterocycles. The lowest BCUT2D eigenvalue weighted by Gasteiger charge is -2.09. The van der Waals surface area contributed by atoms with Gasteiger partial charge in [0.15, 0.2) is 5.82 Å². The molecule has 0 aliphatic carbocycles. The number of hydrogen-bond acceptors (Lipinski definition) is 6. The molecular formula is C15H20N4O3S. The Kier molecular flexibility index (Phi) is 5.75. The van der Waals surface area contributed by atoms with Gasteiger partial charge in [-0.2, -0.15) is 0 Å². The fourth-order valence-electron chi connectivity index (χ4n) is 1.81. The zero-order chi connectivity index (χ0) is 16.7. The number of rotatable bonds is 8. The minimum Gasteiger partial charge on any atom is -0.494 e. The summed E-state index contributed by atoms with van der Waals surface area (Å²) in [4.78, 5) is 0.135. The number of benzene rings is 1. The zero-order valence-electron chi connectivity index (χ0n) is 13.1. The van der Waals surface area contributed by atoms with Crippen molar-refractivity contribution in [3.8, 4) is 5.75 Å². The van der Waals surface area contributed by atoms with Gasteiger partial charge in [-0.05, 0) is 49.7 Å². The van der Waals surface area contributed by atoms with Crippen molar-refractivity contribution in [1.29, 1.82) is 0 Å². The van der Waals surface area contributed by atoms with E-state index in [4.69, 9.17) is 4.74 Å². The summed E-state index contributed by atoms with van der Waals surface area (Å²) in [7, 11) is -3.70. The minimum absolute atomic E-state index is 0.135. The Balaban J connectivity index is 2.08. The van der Waals surface area contributed by atoms with Crippen LogP contribution in [0.25, 0.3) is 0 Å². The molecule has 0 bridgehead atoms. The minimum atomic E-state index is -3.70. The highest BCUT2D eigenvalue weighted by atomic mass is 32.2. The Hall–Kier alpha value is -2.35. The lowest BCUT2D eigenvalue weighted by atomic mass is 10.3. The first-order chi connectivity index (χ1) is 11.0. The highest BCUT2D eigenvalue weighted by Crippen LogP contribution is 2.18. The molecule has 0 amide bonds. The first-order valence-corrected chi connectivity index (χ1v) is 8.86.